The van der Waals surface area contributed by atoms with Crippen LogP contribution >= 0.6 is 39.1 Å². The molecule has 12 nitrogen and oxygen atoms in total. The number of ether oxygens (including phenoxy) is 4. The smallest absolute Gasteiger partial charge is 0.400 e. The van der Waals surface area contributed by atoms with Crippen molar-refractivity contribution in [3.63, 3.8) is 0 Å². The molecule has 3 aromatic rings. The molecule has 6 N–H and O–H groups in total. The molecule has 16 heteroatoms. The van der Waals surface area contributed by atoms with Gasteiger partial charge in [-0.25, -0.2) is 9.97 Å². The van der Waals surface area contributed by atoms with Gasteiger partial charge in [-0.3, -0.25) is 4.98 Å². The summed E-state index contributed by atoms with van der Waals surface area (Å²) in [6.45, 7) is 14.0. The molecule has 0 aliphatic carbocycles. The van der Waals surface area contributed by atoms with Gasteiger partial charge in [0.1, 0.15) is 0 Å². The number of aromatic nitrogens is 3. The number of nitrogens with two attached hydrogens (primary N) is 3. The molecule has 0 unspecified atom stereocenters. The van der Waals surface area contributed by atoms with Crippen LogP contribution in [-0.4, -0.2) is 86.1 Å². The summed E-state index contributed by atoms with van der Waals surface area (Å²) >= 11 is 14.5. The molecule has 0 amide bonds. The van der Waals surface area contributed by atoms with Crippen molar-refractivity contribution in [2.45, 2.75) is 64.6 Å². The predicted molar refractivity (Wildman–Crippen MR) is 234 cm³/mol. The lowest BCUT2D eigenvalue weighted by Crippen LogP contribution is -2.41. The van der Waals surface area contributed by atoms with Gasteiger partial charge in [-0.15, -0.1) is 0 Å². The van der Waals surface area contributed by atoms with Gasteiger partial charge in [0.2, 0.25) is 0 Å². The van der Waals surface area contributed by atoms with Crippen molar-refractivity contribution in [3.05, 3.63) is 98.2 Å². The minimum Gasteiger partial charge on any atom is -0.400 e. The van der Waals surface area contributed by atoms with Crippen molar-refractivity contribution in [3.8, 4) is 0 Å². The summed E-state index contributed by atoms with van der Waals surface area (Å²) in [7, 11) is -0.182. The van der Waals surface area contributed by atoms with E-state index in [0.717, 1.165) is 79.1 Å². The third-order valence-electron chi connectivity index (χ3n) is 10.1. The van der Waals surface area contributed by atoms with E-state index in [4.69, 9.17) is 68.7 Å². The van der Waals surface area contributed by atoms with Crippen LogP contribution < -0.4 is 17.2 Å². The lowest BCUT2D eigenvalue weighted by Gasteiger charge is -2.32. The molecule has 1 saturated heterocycles. The minimum atomic E-state index is -0.239. The van der Waals surface area contributed by atoms with Crippen LogP contribution in [0.15, 0.2) is 71.0 Å². The largest absolute Gasteiger partial charge is 0.490 e. The molecule has 0 spiro atoms. The topological polar surface area (TPSA) is 172 Å². The first-order chi connectivity index (χ1) is 27.2. The van der Waals surface area contributed by atoms with Gasteiger partial charge in [-0.05, 0) is 121 Å². The van der Waals surface area contributed by atoms with E-state index in [1.165, 1.54) is 22.2 Å². The highest BCUT2D eigenvalue weighted by molar-refractivity contribution is 9.10. The van der Waals surface area contributed by atoms with Crippen molar-refractivity contribution >= 4 is 80.0 Å². The van der Waals surface area contributed by atoms with Crippen molar-refractivity contribution < 1.29 is 28.3 Å². The van der Waals surface area contributed by atoms with E-state index >= 15 is 0 Å². The van der Waals surface area contributed by atoms with E-state index in [2.05, 4.69) is 76.8 Å². The Hall–Kier alpha value is -3.31. The lowest BCUT2D eigenvalue weighted by atomic mass is 9.75. The van der Waals surface area contributed by atoms with Crippen LogP contribution in [-0.2, 0) is 28.3 Å². The molecule has 306 valence electrons. The number of anilines is 3. The van der Waals surface area contributed by atoms with Crippen LogP contribution in [0.2, 0.25) is 10.3 Å². The Bertz CT molecular complexity index is 1960. The van der Waals surface area contributed by atoms with Gasteiger partial charge in [0.05, 0.1) is 86.8 Å². The Labute approximate surface area is 354 Å². The zero-order valence-corrected chi connectivity index (χ0v) is 36.1. The van der Waals surface area contributed by atoms with Gasteiger partial charge >= 0.3 is 7.12 Å². The SMILES string of the molecule is CC1(C)OB(C2=CCOCC2)OC1(C)C.Nc1cc(Br)cnc1Cl.Nc1cc(C2=CCOCC2)cnc1C1=CCOCC1.Nc1cc(C2=CCOCC2)cnc1Cl. The molecule has 0 atom stereocenters. The first-order valence-corrected chi connectivity index (χ1v) is 20.5. The number of nitrogens with zero attached hydrogens (tertiary/aromatic N) is 3. The number of halogens is 3. The maximum absolute atomic E-state index is 6.16. The van der Waals surface area contributed by atoms with Crippen molar-refractivity contribution in [1.82, 2.24) is 15.0 Å². The van der Waals surface area contributed by atoms with E-state index in [9.17, 15) is 0 Å². The van der Waals surface area contributed by atoms with Crippen LogP contribution in [0.4, 0.5) is 17.1 Å². The summed E-state index contributed by atoms with van der Waals surface area (Å²) in [5.41, 5.74) is 26.5. The molecular weight excluding hydrogens is 834 g/mol. The second-order valence-electron chi connectivity index (χ2n) is 14.7. The van der Waals surface area contributed by atoms with Gasteiger partial charge in [-0.1, -0.05) is 47.5 Å². The fourth-order valence-electron chi connectivity index (χ4n) is 6.08. The Morgan fingerprint density at radius 2 is 1.02 bits per heavy atom. The normalized spacial score (nSPS) is 19.8. The highest BCUT2D eigenvalue weighted by atomic mass is 79.9. The quantitative estimate of drug-likeness (QED) is 0.169. The molecule has 57 heavy (non-hydrogen) atoms. The molecule has 8 heterocycles. The first-order valence-electron chi connectivity index (χ1n) is 18.9. The Kier molecular flexibility index (Phi) is 16.6. The zero-order chi connectivity index (χ0) is 41.0. The maximum atomic E-state index is 6.16. The minimum absolute atomic E-state index is 0.182. The third-order valence-corrected chi connectivity index (χ3v) is 11.2. The van der Waals surface area contributed by atoms with Gasteiger partial charge in [0.15, 0.2) is 10.3 Å². The summed E-state index contributed by atoms with van der Waals surface area (Å²) in [5, 5.41) is 0.708. The van der Waals surface area contributed by atoms with Gasteiger partial charge in [0, 0.05) is 23.1 Å². The fourth-order valence-corrected chi connectivity index (χ4v) is 6.63. The molecule has 0 saturated carbocycles. The molecule has 0 radical (unpaired) electrons. The molecular formula is C41H52BBrCl2N6O6. The standard InChI is InChI=1S/C15H18N2O2.C11H19BO3.C10H11ClN2O.C5H4BrClN2/c16-14-9-13(11-1-5-18-6-2-11)10-17-15(14)12-3-7-19-8-4-12;1-10(2)11(3,4)15-12(14-10)9-5-7-13-8-6-9;11-10-9(12)5-8(6-13-10)7-1-3-14-4-2-7;6-3-1-4(8)5(7)9-2-3/h1,3,9-10H,2,4-8,16H2;5H,6-8H2,1-4H3;1,5-6H,2-4,12H2;1-2H,8H2. The highest BCUT2D eigenvalue weighted by Gasteiger charge is 2.52. The van der Waals surface area contributed by atoms with Crippen LogP contribution in [0.1, 0.15) is 70.2 Å². The summed E-state index contributed by atoms with van der Waals surface area (Å²) in [4.78, 5) is 12.3. The number of rotatable bonds is 4. The van der Waals surface area contributed by atoms with E-state index in [-0.39, 0.29) is 18.3 Å². The van der Waals surface area contributed by atoms with Crippen LogP contribution in [0, 0.1) is 0 Å². The second kappa shape index (κ2) is 21.1. The lowest BCUT2D eigenvalue weighted by molar-refractivity contribution is 0.00578. The Morgan fingerprint density at radius 3 is 1.44 bits per heavy atom. The molecule has 0 aromatic carbocycles. The molecule has 5 aliphatic rings. The second-order valence-corrected chi connectivity index (χ2v) is 16.3. The zero-order valence-electron chi connectivity index (χ0n) is 33.0. The van der Waals surface area contributed by atoms with Crippen LogP contribution in [0.5, 0.6) is 0 Å². The molecule has 1 fully saturated rings. The summed E-state index contributed by atoms with van der Waals surface area (Å²) in [5.74, 6) is 0. The highest BCUT2D eigenvalue weighted by Crippen LogP contribution is 2.39. The number of hydrogen-bond acceptors (Lipinski definition) is 12. The summed E-state index contributed by atoms with van der Waals surface area (Å²) < 4.78 is 33.9. The van der Waals surface area contributed by atoms with E-state index in [0.29, 0.717) is 48.1 Å². The van der Waals surface area contributed by atoms with Crippen molar-refractivity contribution in [2.24, 2.45) is 0 Å². The average Bonchev–Trinajstić information content (AvgIpc) is 3.45. The third kappa shape index (κ3) is 12.8. The number of hydrogen-bond donors (Lipinski definition) is 3. The molecule has 5 aliphatic heterocycles. The molecule has 0 bridgehead atoms. The maximum Gasteiger partial charge on any atom is 0.490 e. The van der Waals surface area contributed by atoms with Gasteiger partial charge < -0.3 is 45.5 Å². The van der Waals surface area contributed by atoms with E-state index in [1.807, 2.05) is 24.4 Å². The van der Waals surface area contributed by atoms with Gasteiger partial charge in [0.25, 0.3) is 0 Å². The summed E-state index contributed by atoms with van der Waals surface area (Å²) in [6, 6.07) is 5.58. The average molecular weight is 887 g/mol. The van der Waals surface area contributed by atoms with E-state index in [1.54, 1.807) is 18.5 Å². The molecule has 8 rings (SSSR count). The Morgan fingerprint density at radius 1 is 0.579 bits per heavy atom. The molecule has 3 aromatic heterocycles. The number of pyridine rings is 3. The monoisotopic (exact) mass is 884 g/mol. The first kappa shape index (κ1) is 44.8. The fraction of sp³-hybridized carbons (Fsp3) is 0.439. The predicted octanol–water partition coefficient (Wildman–Crippen LogP) is 8.44. The van der Waals surface area contributed by atoms with Gasteiger partial charge in [-0.2, -0.15) is 0 Å². The van der Waals surface area contributed by atoms with Crippen LogP contribution in [0.25, 0.3) is 16.7 Å². The van der Waals surface area contributed by atoms with E-state index < -0.39 is 0 Å². The Balaban J connectivity index is 0.000000149. The summed E-state index contributed by atoms with van der Waals surface area (Å²) in [6.07, 6.45) is 17.2. The van der Waals surface area contributed by atoms with Crippen molar-refractivity contribution in [1.29, 1.82) is 0 Å². The van der Waals surface area contributed by atoms with Crippen molar-refractivity contribution in [2.75, 3.05) is 70.1 Å². The van der Waals surface area contributed by atoms with Crippen LogP contribution in [0.3, 0.4) is 0 Å². The number of nitrogen functional groups attached to an aromatic ring is 3.